The fourth-order valence-corrected chi connectivity index (χ4v) is 6.63. The van der Waals surface area contributed by atoms with Gasteiger partial charge in [-0.25, -0.2) is 0 Å². The Kier molecular flexibility index (Phi) is 7.82. The fourth-order valence-electron chi connectivity index (χ4n) is 6.63. The van der Waals surface area contributed by atoms with Crippen LogP contribution in [0.25, 0.3) is 12.2 Å². The summed E-state index contributed by atoms with van der Waals surface area (Å²) in [6.07, 6.45) is 2.71. The van der Waals surface area contributed by atoms with Crippen molar-refractivity contribution in [3.8, 4) is 5.75 Å². The Balaban J connectivity index is 1.22. The Morgan fingerprint density at radius 2 is 1.50 bits per heavy atom. The Morgan fingerprint density at radius 1 is 0.900 bits per heavy atom. The van der Waals surface area contributed by atoms with Gasteiger partial charge in [0.1, 0.15) is 17.5 Å². The second-order valence-electron chi connectivity index (χ2n) is 10.9. The lowest BCUT2D eigenvalue weighted by Gasteiger charge is -2.49. The van der Waals surface area contributed by atoms with Crippen LogP contribution in [0.5, 0.6) is 5.75 Å². The number of hydrogen-bond donors (Lipinski definition) is 1. The molecule has 3 aromatic carbocycles. The fraction of sp³-hybridized carbons (Fsp3) is 0.324. The maximum absolute atomic E-state index is 10.9. The van der Waals surface area contributed by atoms with E-state index in [9.17, 15) is 5.11 Å². The summed E-state index contributed by atoms with van der Waals surface area (Å²) in [6.45, 7) is 4.00. The molecular weight excluding hydrogens is 500 g/mol. The standard InChI is InChI=1S/C34H36N2O4/c1-23(37)34(39-31-16-10-9-11-24(31)17-18-28-19-27(22-38-2)35-40-28)36-20-29-30(21-36)33(26-14-7-4-8-15-26)32(29)25-12-5-3-6-13-25/h3-19,23,29-30,32-34,37H,20-22H2,1-2H3/b18-17+. The first kappa shape index (κ1) is 26.5. The van der Waals surface area contributed by atoms with Crippen molar-refractivity contribution < 1.29 is 19.1 Å². The van der Waals surface area contributed by atoms with Gasteiger partial charge in [0.05, 0.1) is 6.61 Å². The second-order valence-corrected chi connectivity index (χ2v) is 10.9. The number of rotatable bonds is 10. The van der Waals surface area contributed by atoms with Crippen LogP contribution < -0.4 is 4.74 Å². The first-order chi connectivity index (χ1) is 19.6. The van der Waals surface area contributed by atoms with Crippen LogP contribution in [0.2, 0.25) is 0 Å². The lowest BCUT2D eigenvalue weighted by atomic mass is 9.54. The summed E-state index contributed by atoms with van der Waals surface area (Å²) in [7, 11) is 1.63. The molecule has 1 aliphatic heterocycles. The molecule has 6 unspecified atom stereocenters. The number of ether oxygens (including phenoxy) is 2. The van der Waals surface area contributed by atoms with Gasteiger partial charge in [-0.2, -0.15) is 0 Å². The average molecular weight is 537 g/mol. The SMILES string of the molecule is COCc1cc(/C=C/c2ccccc2OC(C(C)O)N2CC3C(C2)C(c2ccccc2)C3c2ccccc2)on1. The quantitative estimate of drug-likeness (QED) is 0.260. The van der Waals surface area contributed by atoms with Gasteiger partial charge in [0.25, 0.3) is 0 Å². The minimum absolute atomic E-state index is 0.404. The Labute approximate surface area is 235 Å². The van der Waals surface area contributed by atoms with Crippen LogP contribution in [0.1, 0.15) is 46.9 Å². The van der Waals surface area contributed by atoms with Crippen molar-refractivity contribution in [2.45, 2.75) is 37.7 Å². The van der Waals surface area contributed by atoms with Gasteiger partial charge in [0.2, 0.25) is 0 Å². The summed E-state index contributed by atoms with van der Waals surface area (Å²) in [4.78, 5) is 2.34. The lowest BCUT2D eigenvalue weighted by Crippen LogP contribution is -2.45. The third-order valence-electron chi connectivity index (χ3n) is 8.35. The minimum Gasteiger partial charge on any atom is -0.472 e. The number of aliphatic hydroxyl groups excluding tert-OH is 1. The molecule has 206 valence electrons. The number of methoxy groups -OCH3 is 1. The molecule has 1 saturated carbocycles. The van der Waals surface area contributed by atoms with Gasteiger partial charge in [-0.3, -0.25) is 4.90 Å². The molecule has 2 aliphatic rings. The zero-order chi connectivity index (χ0) is 27.5. The van der Waals surface area contributed by atoms with Crippen molar-refractivity contribution in [3.63, 3.8) is 0 Å². The van der Waals surface area contributed by atoms with Gasteiger partial charge in [-0.1, -0.05) is 84.0 Å². The van der Waals surface area contributed by atoms with Crippen LogP contribution in [0.4, 0.5) is 0 Å². The summed E-state index contributed by atoms with van der Waals surface area (Å²) < 4.78 is 17.1. The Bertz CT molecular complexity index is 1360. The van der Waals surface area contributed by atoms with Gasteiger partial charge in [-0.15, -0.1) is 0 Å². The maximum Gasteiger partial charge on any atom is 0.178 e. The van der Waals surface area contributed by atoms with Gasteiger partial charge < -0.3 is 19.1 Å². The highest BCUT2D eigenvalue weighted by Crippen LogP contribution is 2.60. The highest BCUT2D eigenvalue weighted by atomic mass is 16.5. The van der Waals surface area contributed by atoms with E-state index in [4.69, 9.17) is 14.0 Å². The van der Waals surface area contributed by atoms with Crippen LogP contribution >= 0.6 is 0 Å². The summed E-state index contributed by atoms with van der Waals surface area (Å²) in [6, 6.07) is 31.5. The largest absolute Gasteiger partial charge is 0.472 e. The highest BCUT2D eigenvalue weighted by Gasteiger charge is 2.56. The molecule has 6 nitrogen and oxygen atoms in total. The van der Waals surface area contributed by atoms with Crippen molar-refractivity contribution >= 4 is 12.2 Å². The molecule has 2 fully saturated rings. The maximum atomic E-state index is 10.9. The predicted molar refractivity (Wildman–Crippen MR) is 156 cm³/mol. The number of aliphatic hydroxyl groups is 1. The van der Waals surface area contributed by atoms with Crippen molar-refractivity contribution in [2.24, 2.45) is 11.8 Å². The number of nitrogens with zero attached hydrogens (tertiary/aromatic N) is 2. The third kappa shape index (κ3) is 5.35. The smallest absolute Gasteiger partial charge is 0.178 e. The monoisotopic (exact) mass is 536 g/mol. The van der Waals surface area contributed by atoms with E-state index in [1.54, 1.807) is 7.11 Å². The van der Waals surface area contributed by atoms with Crippen molar-refractivity contribution in [2.75, 3.05) is 20.2 Å². The molecule has 6 rings (SSSR count). The van der Waals surface area contributed by atoms with Crippen molar-refractivity contribution in [1.82, 2.24) is 10.1 Å². The van der Waals surface area contributed by atoms with Crippen LogP contribution in [0.3, 0.4) is 0 Å². The van der Waals surface area contributed by atoms with E-state index in [1.165, 1.54) is 11.1 Å². The topological polar surface area (TPSA) is 68.0 Å². The molecule has 0 spiro atoms. The molecule has 1 aliphatic carbocycles. The van der Waals surface area contributed by atoms with E-state index in [2.05, 4.69) is 70.7 Å². The van der Waals surface area contributed by atoms with Crippen LogP contribution in [0.15, 0.2) is 95.5 Å². The molecule has 0 amide bonds. The number of para-hydroxylation sites is 1. The van der Waals surface area contributed by atoms with E-state index >= 15 is 0 Å². The van der Waals surface area contributed by atoms with Gasteiger partial charge >= 0.3 is 0 Å². The third-order valence-corrected chi connectivity index (χ3v) is 8.35. The Morgan fingerprint density at radius 3 is 2.10 bits per heavy atom. The molecular formula is C34H36N2O4. The predicted octanol–water partition coefficient (Wildman–Crippen LogP) is 6.21. The van der Waals surface area contributed by atoms with Crippen molar-refractivity contribution in [1.29, 1.82) is 0 Å². The van der Waals surface area contributed by atoms with Crippen LogP contribution in [-0.4, -0.2) is 47.7 Å². The summed E-state index contributed by atoms with van der Waals surface area (Å²) in [5.74, 6) is 3.30. The summed E-state index contributed by atoms with van der Waals surface area (Å²) in [5.41, 5.74) is 4.44. The van der Waals surface area contributed by atoms with E-state index in [0.717, 1.165) is 30.1 Å². The highest BCUT2D eigenvalue weighted by molar-refractivity contribution is 5.70. The molecule has 40 heavy (non-hydrogen) atoms. The first-order valence-electron chi connectivity index (χ1n) is 14.0. The number of hydrogen-bond acceptors (Lipinski definition) is 6. The summed E-state index contributed by atoms with van der Waals surface area (Å²) >= 11 is 0. The van der Waals surface area contributed by atoms with Crippen LogP contribution in [0, 0.1) is 11.8 Å². The minimum atomic E-state index is -0.661. The van der Waals surface area contributed by atoms with Gasteiger partial charge in [0, 0.05) is 31.8 Å². The molecule has 0 radical (unpaired) electrons. The normalized spacial score (nSPS) is 24.0. The molecule has 1 saturated heterocycles. The Hall–Kier alpha value is -3.71. The molecule has 6 atom stereocenters. The van der Waals surface area contributed by atoms with E-state index < -0.39 is 12.3 Å². The van der Waals surface area contributed by atoms with Gasteiger partial charge in [0.15, 0.2) is 12.0 Å². The van der Waals surface area contributed by atoms with E-state index in [1.807, 2.05) is 49.4 Å². The van der Waals surface area contributed by atoms with Gasteiger partial charge in [-0.05, 0) is 59.9 Å². The zero-order valence-electron chi connectivity index (χ0n) is 23.0. The lowest BCUT2D eigenvalue weighted by molar-refractivity contribution is -0.0495. The molecule has 1 N–H and O–H groups in total. The van der Waals surface area contributed by atoms with E-state index in [0.29, 0.717) is 36.0 Å². The number of benzene rings is 3. The first-order valence-corrected chi connectivity index (χ1v) is 14.0. The molecule has 2 heterocycles. The number of aromatic nitrogens is 1. The summed E-state index contributed by atoms with van der Waals surface area (Å²) in [5, 5.41) is 14.9. The second kappa shape index (κ2) is 11.8. The van der Waals surface area contributed by atoms with E-state index in [-0.39, 0.29) is 0 Å². The number of fused-ring (bicyclic) bond motifs is 1. The molecule has 1 aromatic heterocycles. The zero-order valence-corrected chi connectivity index (χ0v) is 23.0. The van der Waals surface area contributed by atoms with Crippen LogP contribution in [-0.2, 0) is 11.3 Å². The molecule has 6 heteroatoms. The molecule has 0 bridgehead atoms. The molecule has 4 aromatic rings. The van der Waals surface area contributed by atoms with Crippen molar-refractivity contribution in [3.05, 3.63) is 119 Å². The average Bonchev–Trinajstić information content (AvgIpc) is 3.57. The number of likely N-dealkylation sites (tertiary alicyclic amines) is 1.